The van der Waals surface area contributed by atoms with Crippen molar-refractivity contribution in [2.75, 3.05) is 10.6 Å². The molecule has 0 aliphatic rings. The molecule has 2 amide bonds. The van der Waals surface area contributed by atoms with E-state index in [1.165, 1.54) is 24.3 Å². The van der Waals surface area contributed by atoms with Gasteiger partial charge in [0.15, 0.2) is 0 Å². The first-order chi connectivity index (χ1) is 16.8. The van der Waals surface area contributed by atoms with E-state index in [-0.39, 0.29) is 23.2 Å². The number of anilines is 2. The second-order valence-electron chi connectivity index (χ2n) is 7.55. The van der Waals surface area contributed by atoms with Crippen molar-refractivity contribution < 1.29 is 59.0 Å². The van der Waals surface area contributed by atoms with Crippen LogP contribution in [0.15, 0.2) is 48.5 Å². The summed E-state index contributed by atoms with van der Waals surface area (Å²) < 4.78 is 116. The molecule has 0 spiro atoms. The molecule has 2 aromatic rings. The van der Waals surface area contributed by atoms with Crippen molar-refractivity contribution >= 4 is 29.2 Å². The number of carbonyl (C=O) groups is 3. The molecule has 7 nitrogen and oxygen atoms in total. The number of alkyl halides is 9. The maximum Gasteiger partial charge on any atom is 0.460 e. The zero-order valence-electron chi connectivity index (χ0n) is 18.1. The third-order valence-electron chi connectivity index (χ3n) is 4.83. The minimum absolute atomic E-state index is 0.0370. The Balaban J connectivity index is 2.04. The van der Waals surface area contributed by atoms with Crippen LogP contribution in [0.4, 0.5) is 50.9 Å². The molecule has 0 fully saturated rings. The van der Waals surface area contributed by atoms with Gasteiger partial charge in [0.25, 0.3) is 0 Å². The lowest BCUT2D eigenvalue weighted by molar-refractivity contribution is -0.388. The first kappa shape index (κ1) is 29.4. The molecule has 16 heteroatoms. The van der Waals surface area contributed by atoms with Crippen LogP contribution in [0.2, 0.25) is 0 Å². The number of halogens is 9. The predicted octanol–water partition coefficient (Wildman–Crippen LogP) is 4.30. The van der Waals surface area contributed by atoms with Gasteiger partial charge < -0.3 is 21.5 Å². The van der Waals surface area contributed by atoms with E-state index in [1.54, 1.807) is 0 Å². The zero-order valence-corrected chi connectivity index (χ0v) is 18.1. The number of carboxylic acids is 1. The predicted molar refractivity (Wildman–Crippen MR) is 110 cm³/mol. The maximum absolute atomic E-state index is 13.7. The number of amides is 2. The highest BCUT2D eigenvalue weighted by Gasteiger charge is 2.83. The smallest absolute Gasteiger partial charge is 0.460 e. The Labute approximate surface area is 201 Å². The monoisotopic (exact) mass is 545 g/mol. The summed E-state index contributed by atoms with van der Waals surface area (Å²) in [6.45, 7) is 0. The highest BCUT2D eigenvalue weighted by atomic mass is 19.4. The highest BCUT2D eigenvalue weighted by molar-refractivity contribution is 5.97. The Hall–Kier alpha value is -3.82. The Bertz CT molecular complexity index is 1150. The van der Waals surface area contributed by atoms with Gasteiger partial charge in [-0.25, -0.2) is 4.79 Å². The normalized spacial score (nSPS) is 13.6. The number of rotatable bonds is 9. The fourth-order valence-electron chi connectivity index (χ4n) is 2.73. The third kappa shape index (κ3) is 6.12. The molecule has 0 saturated carbocycles. The van der Waals surface area contributed by atoms with Crippen LogP contribution >= 0.6 is 0 Å². The van der Waals surface area contributed by atoms with Crippen LogP contribution in [0.3, 0.4) is 0 Å². The molecular formula is C21H16F9N3O4. The number of carbonyl (C=O) groups excluding carboxylic acids is 2. The standard InChI is InChI=1S/C21H16F9N3O4/c22-18(23,19(24,25)20(26,27)21(28,29)30)17(37)33-13-5-1-10(2-6-13)9-14(31)15(34)32-12-7-3-11(4-8-12)16(35)36/h1-8,14H,9,31H2,(H,32,34)(H,33,37)(H,35,36)/t14-/m0/s1. The Kier molecular flexibility index (Phi) is 8.17. The summed E-state index contributed by atoms with van der Waals surface area (Å²) in [6, 6.07) is 7.69. The lowest BCUT2D eigenvalue weighted by atomic mass is 10.0. The molecule has 0 radical (unpaired) electrons. The van der Waals surface area contributed by atoms with Crippen LogP contribution in [0.25, 0.3) is 0 Å². The quantitative estimate of drug-likeness (QED) is 0.350. The Morgan fingerprint density at radius 1 is 0.757 bits per heavy atom. The topological polar surface area (TPSA) is 122 Å². The van der Waals surface area contributed by atoms with E-state index >= 15 is 0 Å². The van der Waals surface area contributed by atoms with E-state index in [2.05, 4.69) is 5.32 Å². The summed E-state index contributed by atoms with van der Waals surface area (Å²) in [7, 11) is 0. The Morgan fingerprint density at radius 3 is 1.68 bits per heavy atom. The number of hydrogen-bond acceptors (Lipinski definition) is 4. The minimum Gasteiger partial charge on any atom is -0.478 e. The van der Waals surface area contributed by atoms with Crippen LogP contribution in [0.5, 0.6) is 0 Å². The second-order valence-corrected chi connectivity index (χ2v) is 7.55. The minimum atomic E-state index is -7.21. The summed E-state index contributed by atoms with van der Waals surface area (Å²) in [4.78, 5) is 34.5. The van der Waals surface area contributed by atoms with Crippen LogP contribution in [0, 0.1) is 0 Å². The molecule has 5 N–H and O–H groups in total. The summed E-state index contributed by atoms with van der Waals surface area (Å²) in [5, 5.41) is 12.4. The number of aromatic carboxylic acids is 1. The lowest BCUT2D eigenvalue weighted by Crippen LogP contribution is -2.64. The van der Waals surface area contributed by atoms with Gasteiger partial charge in [-0.15, -0.1) is 0 Å². The van der Waals surface area contributed by atoms with E-state index in [9.17, 15) is 53.9 Å². The molecule has 0 aliphatic carbocycles. The van der Waals surface area contributed by atoms with Crippen molar-refractivity contribution in [2.45, 2.75) is 36.4 Å². The van der Waals surface area contributed by atoms with Gasteiger partial charge in [0, 0.05) is 11.4 Å². The van der Waals surface area contributed by atoms with Gasteiger partial charge in [0.05, 0.1) is 11.6 Å². The van der Waals surface area contributed by atoms with Crippen LogP contribution in [-0.2, 0) is 16.0 Å². The molecule has 2 aromatic carbocycles. The number of hydrogen-bond donors (Lipinski definition) is 4. The third-order valence-corrected chi connectivity index (χ3v) is 4.83. The zero-order chi connectivity index (χ0) is 28.4. The van der Waals surface area contributed by atoms with Crippen LogP contribution < -0.4 is 16.4 Å². The van der Waals surface area contributed by atoms with Crippen molar-refractivity contribution in [3.63, 3.8) is 0 Å². The molecule has 0 saturated heterocycles. The highest BCUT2D eigenvalue weighted by Crippen LogP contribution is 2.53. The Morgan fingerprint density at radius 2 is 1.22 bits per heavy atom. The summed E-state index contributed by atoms with van der Waals surface area (Å²) in [5.74, 6) is -25.8. The van der Waals surface area contributed by atoms with E-state index in [0.29, 0.717) is 0 Å². The molecule has 0 unspecified atom stereocenters. The average Bonchev–Trinajstić information content (AvgIpc) is 2.79. The fraction of sp³-hybridized carbons (Fsp3) is 0.286. The summed E-state index contributed by atoms with van der Waals surface area (Å²) >= 11 is 0. The summed E-state index contributed by atoms with van der Waals surface area (Å²) in [6.07, 6.45) is -7.24. The molecular weight excluding hydrogens is 529 g/mol. The molecule has 202 valence electrons. The molecule has 0 heterocycles. The fourth-order valence-corrected chi connectivity index (χ4v) is 2.73. The average molecular weight is 545 g/mol. The van der Waals surface area contributed by atoms with Crippen molar-refractivity contribution in [1.29, 1.82) is 0 Å². The van der Waals surface area contributed by atoms with Crippen molar-refractivity contribution in [3.8, 4) is 0 Å². The largest absolute Gasteiger partial charge is 0.478 e. The van der Waals surface area contributed by atoms with Gasteiger partial charge >= 0.3 is 35.8 Å². The van der Waals surface area contributed by atoms with Gasteiger partial charge in [0.1, 0.15) is 0 Å². The maximum atomic E-state index is 13.7. The van der Waals surface area contributed by atoms with Gasteiger partial charge in [-0.05, 0) is 48.4 Å². The van der Waals surface area contributed by atoms with Crippen LogP contribution in [0.1, 0.15) is 15.9 Å². The van der Waals surface area contributed by atoms with Crippen molar-refractivity contribution in [3.05, 3.63) is 59.7 Å². The van der Waals surface area contributed by atoms with Gasteiger partial charge in [0.2, 0.25) is 5.91 Å². The lowest BCUT2D eigenvalue weighted by Gasteiger charge is -2.32. The molecule has 0 bridgehead atoms. The molecule has 0 aromatic heterocycles. The van der Waals surface area contributed by atoms with E-state index in [1.807, 2.05) is 0 Å². The van der Waals surface area contributed by atoms with Crippen molar-refractivity contribution in [1.82, 2.24) is 0 Å². The van der Waals surface area contributed by atoms with E-state index in [0.717, 1.165) is 29.6 Å². The first-order valence-corrected chi connectivity index (χ1v) is 9.81. The molecule has 1 atom stereocenters. The molecule has 0 aliphatic heterocycles. The summed E-state index contributed by atoms with van der Waals surface area (Å²) in [5.41, 5.74) is 5.53. The second kappa shape index (κ2) is 10.3. The van der Waals surface area contributed by atoms with Crippen LogP contribution in [-0.4, -0.2) is 52.9 Å². The van der Waals surface area contributed by atoms with E-state index in [4.69, 9.17) is 10.8 Å². The SMILES string of the molecule is N[C@@H](Cc1ccc(NC(=O)C(F)(F)C(F)(F)C(F)(F)C(F)(F)F)cc1)C(=O)Nc1ccc(C(=O)O)cc1. The van der Waals surface area contributed by atoms with Gasteiger partial charge in [-0.2, -0.15) is 39.5 Å². The van der Waals surface area contributed by atoms with Gasteiger partial charge in [-0.3, -0.25) is 9.59 Å². The first-order valence-electron chi connectivity index (χ1n) is 9.81. The van der Waals surface area contributed by atoms with E-state index < -0.39 is 53.5 Å². The van der Waals surface area contributed by atoms with Crippen molar-refractivity contribution in [2.24, 2.45) is 5.73 Å². The number of carboxylic acid groups (broad SMARTS) is 1. The number of benzene rings is 2. The number of nitrogens with two attached hydrogens (primary N) is 1. The van der Waals surface area contributed by atoms with Gasteiger partial charge in [-0.1, -0.05) is 12.1 Å². The molecule has 37 heavy (non-hydrogen) atoms. The number of nitrogens with one attached hydrogen (secondary N) is 2. The molecule has 2 rings (SSSR count).